The smallest absolute Gasteiger partial charge is 0.165 e. The number of hydrogen-bond donors (Lipinski definition) is 0. The fourth-order valence-electron chi connectivity index (χ4n) is 2.56. The average molecular weight is 331 g/mol. The second-order valence-corrected chi connectivity index (χ2v) is 6.79. The SMILES string of the molecule is CCCCCCCCCCSc1ncnc2c1ncn2CC#N. The van der Waals surface area contributed by atoms with Crippen LogP contribution in [-0.2, 0) is 6.54 Å². The maximum Gasteiger partial charge on any atom is 0.165 e. The molecular formula is C17H25N5S. The molecule has 0 spiro atoms. The van der Waals surface area contributed by atoms with Gasteiger partial charge < -0.3 is 4.57 Å². The van der Waals surface area contributed by atoms with Gasteiger partial charge in [0, 0.05) is 0 Å². The standard InChI is InChI=1S/C17H25N5S/c1-2-3-4-5-6-7-8-9-12-23-17-15-16(19-13-20-17)22(11-10-18)14-21-15/h13-14H,2-9,11-12H2,1H3. The van der Waals surface area contributed by atoms with E-state index in [1.165, 1.54) is 51.4 Å². The Bertz CT molecular complexity index is 631. The maximum atomic E-state index is 8.81. The third kappa shape index (κ3) is 5.51. The Balaban J connectivity index is 1.72. The summed E-state index contributed by atoms with van der Waals surface area (Å²) in [6.45, 7) is 2.53. The molecule has 6 heteroatoms. The number of unbranched alkanes of at least 4 members (excludes halogenated alkanes) is 7. The van der Waals surface area contributed by atoms with E-state index in [0.717, 1.165) is 21.9 Å². The Hall–Kier alpha value is -1.61. The van der Waals surface area contributed by atoms with Gasteiger partial charge in [0.05, 0.1) is 12.4 Å². The molecule has 2 aromatic heterocycles. The maximum absolute atomic E-state index is 8.81. The summed E-state index contributed by atoms with van der Waals surface area (Å²) < 4.78 is 1.76. The van der Waals surface area contributed by atoms with Crippen LogP contribution in [0.25, 0.3) is 11.2 Å². The first kappa shape index (κ1) is 17.7. The van der Waals surface area contributed by atoms with Crippen LogP contribution in [0.4, 0.5) is 0 Å². The van der Waals surface area contributed by atoms with Crippen molar-refractivity contribution in [3.63, 3.8) is 0 Å². The van der Waals surface area contributed by atoms with Crippen molar-refractivity contribution in [3.05, 3.63) is 12.7 Å². The Morgan fingerprint density at radius 3 is 2.52 bits per heavy atom. The number of imidazole rings is 1. The molecule has 0 bridgehead atoms. The van der Waals surface area contributed by atoms with Gasteiger partial charge in [0.15, 0.2) is 5.65 Å². The zero-order chi connectivity index (χ0) is 16.3. The van der Waals surface area contributed by atoms with Crippen LogP contribution in [0.3, 0.4) is 0 Å². The van der Waals surface area contributed by atoms with E-state index in [1.54, 1.807) is 29.0 Å². The summed E-state index contributed by atoms with van der Waals surface area (Å²) in [6.07, 6.45) is 13.9. The number of hydrogen-bond acceptors (Lipinski definition) is 5. The highest BCUT2D eigenvalue weighted by Crippen LogP contribution is 2.24. The Labute approximate surface area is 142 Å². The van der Waals surface area contributed by atoms with Crippen molar-refractivity contribution in [3.8, 4) is 6.07 Å². The monoisotopic (exact) mass is 331 g/mol. The molecule has 2 aromatic rings. The van der Waals surface area contributed by atoms with Gasteiger partial charge in [-0.05, 0) is 12.2 Å². The predicted molar refractivity (Wildman–Crippen MR) is 94.3 cm³/mol. The molecule has 5 nitrogen and oxygen atoms in total. The number of nitriles is 1. The second-order valence-electron chi connectivity index (χ2n) is 5.70. The van der Waals surface area contributed by atoms with Crippen LogP contribution < -0.4 is 0 Å². The highest BCUT2D eigenvalue weighted by atomic mass is 32.2. The molecule has 0 saturated carbocycles. The molecule has 0 fully saturated rings. The van der Waals surface area contributed by atoms with Crippen molar-refractivity contribution in [1.82, 2.24) is 19.5 Å². The van der Waals surface area contributed by atoms with Crippen LogP contribution in [0.15, 0.2) is 17.7 Å². The molecule has 0 aromatic carbocycles. The summed E-state index contributed by atoms with van der Waals surface area (Å²) in [4.78, 5) is 12.9. The van der Waals surface area contributed by atoms with Gasteiger partial charge in [0.1, 0.15) is 23.4 Å². The molecule has 23 heavy (non-hydrogen) atoms. The van der Waals surface area contributed by atoms with E-state index >= 15 is 0 Å². The molecule has 0 amide bonds. The number of fused-ring (bicyclic) bond motifs is 1. The largest absolute Gasteiger partial charge is 0.301 e. The van der Waals surface area contributed by atoms with Crippen molar-refractivity contribution in [2.24, 2.45) is 0 Å². The molecule has 0 radical (unpaired) electrons. The Kier molecular flexibility index (Phi) is 7.88. The van der Waals surface area contributed by atoms with Crippen LogP contribution in [0, 0.1) is 11.3 Å². The summed E-state index contributed by atoms with van der Waals surface area (Å²) in [5.74, 6) is 1.06. The Morgan fingerprint density at radius 1 is 1.04 bits per heavy atom. The highest BCUT2D eigenvalue weighted by molar-refractivity contribution is 7.99. The molecule has 0 aliphatic heterocycles. The van der Waals surface area contributed by atoms with E-state index in [0.29, 0.717) is 0 Å². The zero-order valence-corrected chi connectivity index (χ0v) is 14.7. The van der Waals surface area contributed by atoms with Crippen molar-refractivity contribution >= 4 is 22.9 Å². The molecule has 0 saturated heterocycles. The fourth-order valence-corrected chi connectivity index (χ4v) is 3.51. The predicted octanol–water partition coefficient (Wildman–Crippen LogP) is 4.58. The van der Waals surface area contributed by atoms with Crippen LogP contribution in [0.1, 0.15) is 58.3 Å². The van der Waals surface area contributed by atoms with Gasteiger partial charge in [0.2, 0.25) is 0 Å². The van der Waals surface area contributed by atoms with Gasteiger partial charge in [-0.15, -0.1) is 11.8 Å². The summed E-state index contributed by atoms with van der Waals surface area (Å²) >= 11 is 1.74. The third-order valence-electron chi connectivity index (χ3n) is 3.85. The molecule has 0 unspecified atom stereocenters. The van der Waals surface area contributed by atoms with E-state index in [2.05, 4.69) is 27.9 Å². The van der Waals surface area contributed by atoms with Gasteiger partial charge in [-0.3, -0.25) is 0 Å². The first-order valence-corrected chi connectivity index (χ1v) is 9.51. The number of nitrogens with zero attached hydrogens (tertiary/aromatic N) is 5. The lowest BCUT2D eigenvalue weighted by Gasteiger charge is -2.03. The van der Waals surface area contributed by atoms with E-state index in [-0.39, 0.29) is 6.54 Å². The number of thioether (sulfide) groups is 1. The van der Waals surface area contributed by atoms with Crippen LogP contribution >= 0.6 is 11.8 Å². The van der Waals surface area contributed by atoms with Gasteiger partial charge in [-0.2, -0.15) is 5.26 Å². The molecule has 0 aliphatic carbocycles. The Morgan fingerprint density at radius 2 is 1.78 bits per heavy atom. The van der Waals surface area contributed by atoms with Gasteiger partial charge in [-0.1, -0.05) is 51.9 Å². The number of rotatable bonds is 11. The summed E-state index contributed by atoms with van der Waals surface area (Å²) in [6, 6.07) is 2.12. The minimum Gasteiger partial charge on any atom is -0.301 e. The molecule has 0 N–H and O–H groups in total. The summed E-state index contributed by atoms with van der Waals surface area (Å²) in [7, 11) is 0. The van der Waals surface area contributed by atoms with E-state index < -0.39 is 0 Å². The molecule has 0 atom stereocenters. The van der Waals surface area contributed by atoms with Crippen molar-refractivity contribution in [1.29, 1.82) is 5.26 Å². The quantitative estimate of drug-likeness (QED) is 0.342. The topological polar surface area (TPSA) is 67.4 Å². The average Bonchev–Trinajstić information content (AvgIpc) is 2.98. The number of aromatic nitrogens is 4. The first-order valence-electron chi connectivity index (χ1n) is 8.52. The molecule has 2 rings (SSSR count). The molecule has 0 aliphatic rings. The van der Waals surface area contributed by atoms with Gasteiger partial charge >= 0.3 is 0 Å². The third-order valence-corrected chi connectivity index (χ3v) is 4.91. The summed E-state index contributed by atoms with van der Waals surface area (Å²) in [5.41, 5.74) is 1.56. The van der Waals surface area contributed by atoms with Crippen LogP contribution in [-0.4, -0.2) is 25.3 Å². The van der Waals surface area contributed by atoms with Gasteiger partial charge in [0.25, 0.3) is 0 Å². The minimum absolute atomic E-state index is 0.273. The zero-order valence-electron chi connectivity index (χ0n) is 13.9. The minimum atomic E-state index is 0.273. The second kappa shape index (κ2) is 10.2. The lowest BCUT2D eigenvalue weighted by molar-refractivity contribution is 0.586. The molecule has 2 heterocycles. The van der Waals surface area contributed by atoms with E-state index in [9.17, 15) is 0 Å². The lowest BCUT2D eigenvalue weighted by Crippen LogP contribution is -1.96. The van der Waals surface area contributed by atoms with Crippen LogP contribution in [0.2, 0.25) is 0 Å². The molecular weight excluding hydrogens is 306 g/mol. The molecule has 124 valence electrons. The normalized spacial score (nSPS) is 11.0. The van der Waals surface area contributed by atoms with Crippen molar-refractivity contribution < 1.29 is 0 Å². The lowest BCUT2D eigenvalue weighted by atomic mass is 10.1. The van der Waals surface area contributed by atoms with Crippen molar-refractivity contribution in [2.75, 3.05) is 5.75 Å². The van der Waals surface area contributed by atoms with Crippen molar-refractivity contribution in [2.45, 2.75) is 69.9 Å². The van der Waals surface area contributed by atoms with E-state index in [4.69, 9.17) is 5.26 Å². The highest BCUT2D eigenvalue weighted by Gasteiger charge is 2.09. The van der Waals surface area contributed by atoms with Gasteiger partial charge in [-0.25, -0.2) is 15.0 Å². The van der Waals surface area contributed by atoms with E-state index in [1.807, 2.05) is 0 Å². The first-order chi connectivity index (χ1) is 11.4. The fraction of sp³-hybridized carbons (Fsp3) is 0.647. The summed E-state index contributed by atoms with van der Waals surface area (Å²) in [5, 5.41) is 9.74. The van der Waals surface area contributed by atoms with Crippen LogP contribution in [0.5, 0.6) is 0 Å².